The lowest BCUT2D eigenvalue weighted by Crippen LogP contribution is -2.51. The van der Waals surface area contributed by atoms with Crippen LogP contribution in [-0.2, 0) is 9.59 Å². The summed E-state index contributed by atoms with van der Waals surface area (Å²) in [5.74, 6) is 0.200. The van der Waals surface area contributed by atoms with E-state index in [-0.39, 0.29) is 35.7 Å². The molecule has 0 spiro atoms. The lowest BCUT2D eigenvalue weighted by atomic mass is 9.84. The van der Waals surface area contributed by atoms with Crippen LogP contribution in [0.25, 0.3) is 0 Å². The average Bonchev–Trinajstić information content (AvgIpc) is 2.74. The topological polar surface area (TPSA) is 108 Å². The molecule has 0 unspecified atom stereocenters. The number of nitrogens with zero attached hydrogens (tertiary/aromatic N) is 2. The van der Waals surface area contributed by atoms with Gasteiger partial charge < -0.3 is 26.2 Å². The van der Waals surface area contributed by atoms with E-state index in [1.54, 1.807) is 6.07 Å². The number of benzene rings is 1. The molecule has 4 rings (SSSR count). The van der Waals surface area contributed by atoms with E-state index in [2.05, 4.69) is 15.5 Å². The van der Waals surface area contributed by atoms with Crippen LogP contribution < -0.4 is 21.3 Å². The number of carbonyl (C=O) groups is 3. The molecule has 1 saturated heterocycles. The zero-order valence-electron chi connectivity index (χ0n) is 18.9. The van der Waals surface area contributed by atoms with Crippen LogP contribution in [-0.4, -0.2) is 60.9 Å². The van der Waals surface area contributed by atoms with Gasteiger partial charge in [0.05, 0.1) is 11.4 Å². The Bertz CT molecular complexity index is 853. The van der Waals surface area contributed by atoms with Crippen molar-refractivity contribution in [1.29, 1.82) is 0 Å². The highest BCUT2D eigenvalue weighted by Crippen LogP contribution is 2.31. The lowest BCUT2D eigenvalue weighted by molar-refractivity contribution is -0.138. The Morgan fingerprint density at radius 3 is 2.25 bits per heavy atom. The van der Waals surface area contributed by atoms with Crippen molar-refractivity contribution < 1.29 is 14.4 Å². The number of nitrogens with one attached hydrogen (secondary N) is 2. The third kappa shape index (κ3) is 5.23. The fraction of sp³-hybridized carbons (Fsp3) is 0.625. The van der Waals surface area contributed by atoms with Crippen LogP contribution in [0, 0.1) is 5.92 Å². The van der Waals surface area contributed by atoms with Crippen LogP contribution in [0.15, 0.2) is 18.2 Å². The Kier molecular flexibility index (Phi) is 6.98. The Labute approximate surface area is 189 Å². The second-order valence-electron chi connectivity index (χ2n) is 9.44. The molecule has 0 aromatic heterocycles. The number of amides is 3. The van der Waals surface area contributed by atoms with Gasteiger partial charge in [-0.2, -0.15) is 0 Å². The van der Waals surface area contributed by atoms with E-state index < -0.39 is 0 Å². The van der Waals surface area contributed by atoms with Gasteiger partial charge in [-0.3, -0.25) is 14.4 Å². The van der Waals surface area contributed by atoms with Crippen molar-refractivity contribution in [1.82, 2.24) is 10.2 Å². The number of anilines is 2. The zero-order chi connectivity index (χ0) is 22.7. The maximum absolute atomic E-state index is 12.8. The number of nitrogens with two attached hydrogens (primary N) is 1. The lowest BCUT2D eigenvalue weighted by Gasteiger charge is -2.39. The summed E-state index contributed by atoms with van der Waals surface area (Å²) >= 11 is 0. The van der Waals surface area contributed by atoms with Crippen molar-refractivity contribution >= 4 is 29.1 Å². The molecule has 1 aromatic carbocycles. The third-order valence-electron chi connectivity index (χ3n) is 7.06. The van der Waals surface area contributed by atoms with Crippen LogP contribution in [0.3, 0.4) is 0 Å². The number of hydrogen-bond donors (Lipinski definition) is 3. The first-order chi connectivity index (χ1) is 15.4. The Hall–Kier alpha value is -2.61. The highest BCUT2D eigenvalue weighted by Gasteiger charge is 2.31. The first-order valence-electron chi connectivity index (χ1n) is 11.9. The minimum Gasteiger partial charge on any atom is -0.366 e. The van der Waals surface area contributed by atoms with Crippen LogP contribution in [0.5, 0.6) is 0 Å². The summed E-state index contributed by atoms with van der Waals surface area (Å²) in [6, 6.07) is 5.86. The minimum atomic E-state index is -0.177. The van der Waals surface area contributed by atoms with E-state index in [1.807, 2.05) is 17.0 Å². The minimum absolute atomic E-state index is 0.125. The molecule has 8 nitrogen and oxygen atoms in total. The van der Waals surface area contributed by atoms with Crippen LogP contribution in [0.2, 0.25) is 0 Å². The van der Waals surface area contributed by atoms with Gasteiger partial charge in [-0.05, 0) is 56.7 Å². The molecule has 3 amide bonds. The monoisotopic (exact) mass is 441 g/mol. The van der Waals surface area contributed by atoms with Gasteiger partial charge >= 0.3 is 0 Å². The van der Waals surface area contributed by atoms with Crippen molar-refractivity contribution in [3.63, 3.8) is 0 Å². The van der Waals surface area contributed by atoms with Gasteiger partial charge in [-0.1, -0.05) is 6.42 Å². The first-order valence-corrected chi connectivity index (χ1v) is 11.9. The molecule has 1 heterocycles. The summed E-state index contributed by atoms with van der Waals surface area (Å²) in [6.07, 6.45) is 6.84. The molecule has 0 radical (unpaired) electrons. The molecule has 174 valence electrons. The summed E-state index contributed by atoms with van der Waals surface area (Å²) in [5.41, 5.74) is 8.02. The molecular weight excluding hydrogens is 406 g/mol. The number of piperazine rings is 1. The van der Waals surface area contributed by atoms with Crippen molar-refractivity contribution in [2.24, 2.45) is 11.7 Å². The SMILES string of the molecule is CC(=O)Nc1cc(C(=O)NC2CCC(N)CC2)ccc1N1CCN(C(=O)C2CCC2)CC1. The van der Waals surface area contributed by atoms with E-state index in [0.717, 1.165) is 50.6 Å². The predicted molar refractivity (Wildman–Crippen MR) is 125 cm³/mol. The van der Waals surface area contributed by atoms with Gasteiger partial charge in [0.25, 0.3) is 5.91 Å². The Morgan fingerprint density at radius 1 is 0.969 bits per heavy atom. The smallest absolute Gasteiger partial charge is 0.251 e. The van der Waals surface area contributed by atoms with E-state index in [9.17, 15) is 14.4 Å². The van der Waals surface area contributed by atoms with Gasteiger partial charge in [-0.25, -0.2) is 0 Å². The largest absolute Gasteiger partial charge is 0.366 e. The van der Waals surface area contributed by atoms with E-state index >= 15 is 0 Å². The van der Waals surface area contributed by atoms with Crippen molar-refractivity contribution in [2.75, 3.05) is 36.4 Å². The number of rotatable bonds is 5. The molecule has 2 aliphatic carbocycles. The second-order valence-corrected chi connectivity index (χ2v) is 9.44. The van der Waals surface area contributed by atoms with Gasteiger partial charge in [-0.15, -0.1) is 0 Å². The molecule has 0 bridgehead atoms. The molecule has 1 aliphatic heterocycles. The Balaban J connectivity index is 1.42. The van der Waals surface area contributed by atoms with E-state index in [1.165, 1.54) is 6.92 Å². The molecule has 32 heavy (non-hydrogen) atoms. The predicted octanol–water partition coefficient (Wildman–Crippen LogP) is 2.09. The van der Waals surface area contributed by atoms with Gasteiger partial charge in [0.1, 0.15) is 0 Å². The summed E-state index contributed by atoms with van der Waals surface area (Å²) in [4.78, 5) is 41.3. The van der Waals surface area contributed by atoms with E-state index in [0.29, 0.717) is 37.4 Å². The molecule has 3 fully saturated rings. The molecule has 0 atom stereocenters. The molecule has 3 aliphatic rings. The number of carbonyl (C=O) groups excluding carboxylic acids is 3. The van der Waals surface area contributed by atoms with Crippen LogP contribution in [0.1, 0.15) is 62.2 Å². The molecular formula is C24H35N5O3. The maximum Gasteiger partial charge on any atom is 0.251 e. The van der Waals surface area contributed by atoms with Crippen LogP contribution in [0.4, 0.5) is 11.4 Å². The highest BCUT2D eigenvalue weighted by molar-refractivity contribution is 5.99. The highest BCUT2D eigenvalue weighted by atomic mass is 16.2. The van der Waals surface area contributed by atoms with Crippen molar-refractivity contribution in [2.45, 2.75) is 64.0 Å². The normalized spacial score (nSPS) is 23.9. The zero-order valence-corrected chi connectivity index (χ0v) is 18.9. The van der Waals surface area contributed by atoms with Gasteiger partial charge in [0.15, 0.2) is 0 Å². The number of hydrogen-bond acceptors (Lipinski definition) is 5. The van der Waals surface area contributed by atoms with Gasteiger partial charge in [0, 0.05) is 56.7 Å². The Morgan fingerprint density at radius 2 is 1.66 bits per heavy atom. The molecule has 4 N–H and O–H groups in total. The summed E-state index contributed by atoms with van der Waals surface area (Å²) in [5, 5.41) is 6.00. The second kappa shape index (κ2) is 9.90. The average molecular weight is 442 g/mol. The first kappa shape index (κ1) is 22.6. The maximum atomic E-state index is 12.8. The van der Waals surface area contributed by atoms with Gasteiger partial charge in [0.2, 0.25) is 11.8 Å². The molecule has 1 aromatic rings. The fourth-order valence-corrected chi connectivity index (χ4v) is 4.86. The molecule has 8 heteroatoms. The summed E-state index contributed by atoms with van der Waals surface area (Å²) in [6.45, 7) is 4.25. The fourth-order valence-electron chi connectivity index (χ4n) is 4.86. The summed E-state index contributed by atoms with van der Waals surface area (Å²) < 4.78 is 0. The summed E-state index contributed by atoms with van der Waals surface area (Å²) in [7, 11) is 0. The standard InChI is InChI=1S/C24H35N5O3/c1-16(30)26-21-15-18(23(31)27-20-8-6-19(25)7-9-20)5-10-22(21)28-11-13-29(14-12-28)24(32)17-3-2-4-17/h5,10,15,17,19-20H,2-4,6-9,11-14,25H2,1H3,(H,26,30)(H,27,31). The molecule has 2 saturated carbocycles. The van der Waals surface area contributed by atoms with E-state index in [4.69, 9.17) is 5.73 Å². The van der Waals surface area contributed by atoms with Crippen LogP contribution >= 0.6 is 0 Å². The quantitative estimate of drug-likeness (QED) is 0.649. The third-order valence-corrected chi connectivity index (χ3v) is 7.06. The van der Waals surface area contributed by atoms with Crippen molar-refractivity contribution in [3.8, 4) is 0 Å². The van der Waals surface area contributed by atoms with Crippen molar-refractivity contribution in [3.05, 3.63) is 23.8 Å².